The van der Waals surface area contributed by atoms with E-state index in [0.29, 0.717) is 6.61 Å². The molecule has 0 saturated carbocycles. The number of hydrogen-bond donors (Lipinski definition) is 0. The first-order valence-corrected chi connectivity index (χ1v) is 12.0. The van der Waals surface area contributed by atoms with Gasteiger partial charge in [0.25, 0.3) is 0 Å². The SMILES string of the molecule is CCCCC/C=C\CCOc1ccc(-c2ncc(CCCCCCCC)cn2)cc1. The molecule has 0 amide bonds. The molecule has 30 heavy (non-hydrogen) atoms. The van der Waals surface area contributed by atoms with Crippen LogP contribution in [0.3, 0.4) is 0 Å². The van der Waals surface area contributed by atoms with Crippen LogP contribution in [0.1, 0.15) is 90.0 Å². The van der Waals surface area contributed by atoms with Crippen LogP contribution in [0.5, 0.6) is 5.75 Å². The maximum Gasteiger partial charge on any atom is 0.159 e. The van der Waals surface area contributed by atoms with Crippen LogP contribution in [0.15, 0.2) is 48.8 Å². The van der Waals surface area contributed by atoms with Gasteiger partial charge >= 0.3 is 0 Å². The summed E-state index contributed by atoms with van der Waals surface area (Å²) in [5, 5.41) is 0. The van der Waals surface area contributed by atoms with Crippen LogP contribution < -0.4 is 4.74 Å². The summed E-state index contributed by atoms with van der Waals surface area (Å²) in [7, 11) is 0. The van der Waals surface area contributed by atoms with Crippen LogP contribution in [-0.4, -0.2) is 16.6 Å². The number of aromatic nitrogens is 2. The standard InChI is InChI=1S/C27H40N2O/c1-3-5-7-9-11-13-15-21-30-26-19-17-25(18-20-26)27-28-22-24(23-29-27)16-14-12-10-8-6-4-2/h11,13,17-20,22-23H,3-10,12,14-16,21H2,1-2H3/b13-11-. The van der Waals surface area contributed by atoms with Gasteiger partial charge in [0.2, 0.25) is 0 Å². The van der Waals surface area contributed by atoms with Crippen LogP contribution in [0.2, 0.25) is 0 Å². The van der Waals surface area contributed by atoms with E-state index in [1.807, 2.05) is 36.7 Å². The maximum absolute atomic E-state index is 5.83. The van der Waals surface area contributed by atoms with Crippen LogP contribution >= 0.6 is 0 Å². The van der Waals surface area contributed by atoms with Crippen molar-refractivity contribution in [2.24, 2.45) is 0 Å². The molecular weight excluding hydrogens is 368 g/mol. The lowest BCUT2D eigenvalue weighted by atomic mass is 10.1. The predicted molar refractivity (Wildman–Crippen MR) is 128 cm³/mol. The van der Waals surface area contributed by atoms with Gasteiger partial charge in [0.05, 0.1) is 6.61 Å². The van der Waals surface area contributed by atoms with E-state index in [9.17, 15) is 0 Å². The topological polar surface area (TPSA) is 35.0 Å². The molecule has 0 aliphatic rings. The van der Waals surface area contributed by atoms with Crippen molar-refractivity contribution >= 4 is 0 Å². The normalized spacial score (nSPS) is 11.3. The van der Waals surface area contributed by atoms with Crippen molar-refractivity contribution < 1.29 is 4.74 Å². The molecule has 0 aliphatic heterocycles. The Balaban J connectivity index is 1.68. The van der Waals surface area contributed by atoms with Crippen molar-refractivity contribution in [1.82, 2.24) is 9.97 Å². The molecule has 2 rings (SSSR count). The molecule has 1 aromatic heterocycles. The first-order chi connectivity index (χ1) is 14.8. The molecule has 164 valence electrons. The van der Waals surface area contributed by atoms with Crippen molar-refractivity contribution in [2.45, 2.75) is 90.9 Å². The Labute approximate surface area is 184 Å². The highest BCUT2D eigenvalue weighted by Gasteiger charge is 2.03. The third-order valence-corrected chi connectivity index (χ3v) is 5.33. The molecule has 0 fully saturated rings. The van der Waals surface area contributed by atoms with Gasteiger partial charge in [-0.25, -0.2) is 9.97 Å². The summed E-state index contributed by atoms with van der Waals surface area (Å²) in [6.45, 7) is 5.21. The van der Waals surface area contributed by atoms with E-state index < -0.39 is 0 Å². The molecule has 0 spiro atoms. The van der Waals surface area contributed by atoms with Gasteiger partial charge in [-0.05, 0) is 61.9 Å². The fraction of sp³-hybridized carbons (Fsp3) is 0.556. The molecule has 1 heterocycles. The number of ether oxygens (including phenoxy) is 1. The minimum atomic E-state index is 0.716. The highest BCUT2D eigenvalue weighted by Crippen LogP contribution is 2.20. The van der Waals surface area contributed by atoms with Crippen LogP contribution in [-0.2, 0) is 6.42 Å². The molecule has 1 aromatic carbocycles. The zero-order valence-corrected chi connectivity index (χ0v) is 19.1. The Hall–Kier alpha value is -2.16. The second-order valence-corrected chi connectivity index (χ2v) is 8.06. The van der Waals surface area contributed by atoms with Crippen molar-refractivity contribution in [3.8, 4) is 17.1 Å². The molecule has 3 heteroatoms. The lowest BCUT2D eigenvalue weighted by Crippen LogP contribution is -1.96. The molecule has 0 N–H and O–H groups in total. The monoisotopic (exact) mass is 408 g/mol. The number of unbranched alkanes of at least 4 members (excludes halogenated alkanes) is 8. The van der Waals surface area contributed by atoms with Crippen molar-refractivity contribution in [2.75, 3.05) is 6.61 Å². The molecule has 0 aliphatic carbocycles. The average Bonchev–Trinajstić information content (AvgIpc) is 2.79. The van der Waals surface area contributed by atoms with Gasteiger partial charge < -0.3 is 4.74 Å². The van der Waals surface area contributed by atoms with E-state index in [1.54, 1.807) is 0 Å². The average molecular weight is 409 g/mol. The second-order valence-electron chi connectivity index (χ2n) is 8.06. The Bertz CT molecular complexity index is 692. The minimum absolute atomic E-state index is 0.716. The summed E-state index contributed by atoms with van der Waals surface area (Å²) >= 11 is 0. The van der Waals surface area contributed by atoms with Gasteiger partial charge in [-0.15, -0.1) is 0 Å². The molecule has 0 unspecified atom stereocenters. The van der Waals surface area contributed by atoms with E-state index in [0.717, 1.165) is 30.0 Å². The molecule has 0 atom stereocenters. The summed E-state index contributed by atoms with van der Waals surface area (Å²) in [4.78, 5) is 9.13. The molecule has 3 nitrogen and oxygen atoms in total. The van der Waals surface area contributed by atoms with Crippen LogP contribution in [0, 0.1) is 0 Å². The predicted octanol–water partition coefficient (Wildman–Crippen LogP) is 7.95. The summed E-state index contributed by atoms with van der Waals surface area (Å²) in [5.74, 6) is 1.68. The van der Waals surface area contributed by atoms with Crippen molar-refractivity contribution in [3.05, 3.63) is 54.4 Å². The lowest BCUT2D eigenvalue weighted by Gasteiger charge is -2.06. The van der Waals surface area contributed by atoms with Gasteiger partial charge in [-0.2, -0.15) is 0 Å². The van der Waals surface area contributed by atoms with E-state index >= 15 is 0 Å². The number of hydrogen-bond acceptors (Lipinski definition) is 3. The van der Waals surface area contributed by atoms with Gasteiger partial charge in [-0.3, -0.25) is 0 Å². The highest BCUT2D eigenvalue weighted by molar-refractivity contribution is 5.55. The Morgan fingerprint density at radius 1 is 0.733 bits per heavy atom. The summed E-state index contributed by atoms with van der Waals surface area (Å²) in [6.07, 6.45) is 23.5. The summed E-state index contributed by atoms with van der Waals surface area (Å²) < 4.78 is 5.83. The smallest absolute Gasteiger partial charge is 0.159 e. The van der Waals surface area contributed by atoms with Crippen LogP contribution in [0.25, 0.3) is 11.4 Å². The number of benzene rings is 1. The number of allylic oxidation sites excluding steroid dienone is 1. The maximum atomic E-state index is 5.83. The first kappa shape index (κ1) is 24.1. The Kier molecular flexibility index (Phi) is 12.6. The number of aryl methyl sites for hydroxylation is 1. The van der Waals surface area contributed by atoms with Gasteiger partial charge in [0, 0.05) is 18.0 Å². The van der Waals surface area contributed by atoms with E-state index in [2.05, 4.69) is 36.0 Å². The van der Waals surface area contributed by atoms with Gasteiger partial charge in [-0.1, -0.05) is 70.9 Å². The minimum Gasteiger partial charge on any atom is -0.493 e. The van der Waals surface area contributed by atoms with E-state index in [4.69, 9.17) is 4.74 Å². The quantitative estimate of drug-likeness (QED) is 0.209. The fourth-order valence-electron chi connectivity index (χ4n) is 3.44. The molecular formula is C27H40N2O. The van der Waals surface area contributed by atoms with E-state index in [1.165, 1.54) is 69.8 Å². The number of rotatable bonds is 16. The van der Waals surface area contributed by atoms with Crippen molar-refractivity contribution in [3.63, 3.8) is 0 Å². The van der Waals surface area contributed by atoms with Gasteiger partial charge in [0.15, 0.2) is 5.82 Å². The largest absolute Gasteiger partial charge is 0.493 e. The summed E-state index contributed by atoms with van der Waals surface area (Å²) in [5.41, 5.74) is 2.27. The Morgan fingerprint density at radius 2 is 1.37 bits per heavy atom. The third-order valence-electron chi connectivity index (χ3n) is 5.33. The third kappa shape index (κ3) is 10.0. The fourth-order valence-corrected chi connectivity index (χ4v) is 3.44. The molecule has 2 aromatic rings. The zero-order valence-electron chi connectivity index (χ0n) is 19.1. The zero-order chi connectivity index (χ0) is 21.3. The lowest BCUT2D eigenvalue weighted by molar-refractivity contribution is 0.325. The van der Waals surface area contributed by atoms with E-state index in [-0.39, 0.29) is 0 Å². The summed E-state index contributed by atoms with van der Waals surface area (Å²) in [6, 6.07) is 8.10. The Morgan fingerprint density at radius 3 is 2.10 bits per heavy atom. The number of nitrogens with zero attached hydrogens (tertiary/aromatic N) is 2. The second kappa shape index (κ2) is 15.6. The first-order valence-electron chi connectivity index (χ1n) is 12.0. The molecule has 0 saturated heterocycles. The van der Waals surface area contributed by atoms with Crippen LogP contribution in [0.4, 0.5) is 0 Å². The van der Waals surface area contributed by atoms with Crippen molar-refractivity contribution in [1.29, 1.82) is 0 Å². The molecule has 0 bridgehead atoms. The highest BCUT2D eigenvalue weighted by atomic mass is 16.5. The van der Waals surface area contributed by atoms with Gasteiger partial charge in [0.1, 0.15) is 5.75 Å². The molecule has 0 radical (unpaired) electrons.